The largest absolute Gasteiger partial charge is 0.464 e. The summed E-state index contributed by atoms with van der Waals surface area (Å²) in [7, 11) is -4.50. The number of hydrogen-bond acceptors (Lipinski definition) is 13. The van der Waals surface area contributed by atoms with Crippen molar-refractivity contribution in [1.82, 2.24) is 19.7 Å². The van der Waals surface area contributed by atoms with Gasteiger partial charge in [-0.3, -0.25) is 18.9 Å². The van der Waals surface area contributed by atoms with E-state index in [1.54, 1.807) is 24.3 Å². The van der Waals surface area contributed by atoms with Crippen LogP contribution < -0.4 is 15.3 Å². The molecule has 0 aliphatic carbocycles. The molecule has 3 heterocycles. The van der Waals surface area contributed by atoms with Crippen molar-refractivity contribution in [3.05, 3.63) is 65.9 Å². The lowest BCUT2D eigenvalue weighted by atomic mass is 10.0. The molecule has 0 bridgehead atoms. The number of esters is 1. The van der Waals surface area contributed by atoms with E-state index in [-0.39, 0.29) is 23.9 Å². The third-order valence-corrected chi connectivity index (χ3v) is 8.14. The van der Waals surface area contributed by atoms with Gasteiger partial charge in [0.1, 0.15) is 35.8 Å². The number of aliphatic hydroxyl groups is 4. The lowest BCUT2D eigenvalue weighted by Crippen LogP contribution is -2.45. The zero-order chi connectivity index (χ0) is 30.5. The molecule has 1 aliphatic heterocycles. The Morgan fingerprint density at radius 3 is 2.64 bits per heavy atom. The molecule has 226 valence electrons. The molecule has 7 N–H and O–H groups in total. The number of nitrogens with zero attached hydrogens (tertiary/aromatic N) is 4. The monoisotopic (exact) mass is 606 g/mol. The van der Waals surface area contributed by atoms with Crippen molar-refractivity contribution >= 4 is 25.1 Å². The number of hydrogen-bond donors (Lipinski definition) is 6. The highest BCUT2D eigenvalue weighted by Gasteiger charge is 2.62. The van der Waals surface area contributed by atoms with Crippen molar-refractivity contribution < 1.29 is 48.3 Å². The maximum atomic E-state index is 13.9. The highest BCUT2D eigenvalue weighted by molar-refractivity contribution is 7.52. The fourth-order valence-corrected chi connectivity index (χ4v) is 5.64. The molecule has 1 unspecified atom stereocenters. The number of fused-ring (bicyclic) bond motifs is 1. The first-order chi connectivity index (χ1) is 20.1. The molecule has 2 aromatic heterocycles. The summed E-state index contributed by atoms with van der Waals surface area (Å²) < 4.78 is 37.3. The smallest absolute Gasteiger partial charge is 0.459 e. The molecule has 1 aliphatic rings. The predicted octanol–water partition coefficient (Wildman–Crippen LogP) is 0.0460. The molecule has 0 amide bonds. The molecule has 1 aromatic carbocycles. The van der Waals surface area contributed by atoms with Gasteiger partial charge in [0, 0.05) is 5.92 Å². The first kappa shape index (κ1) is 31.3. The van der Waals surface area contributed by atoms with Crippen LogP contribution in [-0.4, -0.2) is 91.4 Å². The molecular weight excluding hydrogens is 575 g/mol. The first-order valence-electron chi connectivity index (χ1n) is 12.7. The number of rotatable bonds is 13. The molecule has 42 heavy (non-hydrogen) atoms. The Hall–Kier alpha value is -3.65. The Balaban J connectivity index is 1.55. The van der Waals surface area contributed by atoms with Gasteiger partial charge in [0.15, 0.2) is 18.5 Å². The van der Waals surface area contributed by atoms with Crippen LogP contribution >= 0.6 is 7.75 Å². The second-order valence-corrected chi connectivity index (χ2v) is 11.2. The molecule has 6 atom stereocenters. The van der Waals surface area contributed by atoms with E-state index < -0.39 is 69.5 Å². The number of nitrogens with two attached hydrogens (primary N) is 1. The number of ether oxygens (including phenoxy) is 2. The molecular formula is C25H31N6O10P. The maximum absolute atomic E-state index is 13.9. The summed E-state index contributed by atoms with van der Waals surface area (Å²) in [6, 6.07) is 9.68. The van der Waals surface area contributed by atoms with Crippen LogP contribution in [0.3, 0.4) is 0 Å². The molecule has 4 rings (SSSR count). The number of para-hydroxylation sites is 1. The van der Waals surface area contributed by atoms with Gasteiger partial charge in [-0.1, -0.05) is 18.2 Å². The van der Waals surface area contributed by atoms with Crippen LogP contribution in [-0.2, 0) is 23.4 Å². The summed E-state index contributed by atoms with van der Waals surface area (Å²) in [5.74, 6) is -1.35. The van der Waals surface area contributed by atoms with Crippen LogP contribution in [0.1, 0.15) is 18.7 Å². The van der Waals surface area contributed by atoms with Crippen LogP contribution in [0.2, 0.25) is 0 Å². The number of aromatic nitrogens is 3. The van der Waals surface area contributed by atoms with Crippen molar-refractivity contribution in [2.45, 2.75) is 37.0 Å². The standard InChI is InChI=1S/C25H31N6O10P/c1-15(24(36)38-12-16(10-32)11-33)30-42(37,41-17-6-4-3-5-7-17)39-13-25(27-2)22(35)20(34)21(40-25)18-8-9-19-23(26)28-14-29-31(18)19/h3-9,14-16,20-22,32-35H,10-13H2,1H3,(H,30,37)(H2,26,28,29)/t15-,20-,21-,22-,25+,42?/m0/s1. The van der Waals surface area contributed by atoms with E-state index in [0.717, 1.165) is 0 Å². The average Bonchev–Trinajstić information content (AvgIpc) is 3.52. The minimum Gasteiger partial charge on any atom is -0.464 e. The summed E-state index contributed by atoms with van der Waals surface area (Å²) in [5.41, 5.74) is 4.30. The third kappa shape index (κ3) is 6.54. The number of nitrogens with one attached hydrogen (secondary N) is 1. The summed E-state index contributed by atoms with van der Waals surface area (Å²) in [4.78, 5) is 19.8. The molecule has 1 fully saturated rings. The fraction of sp³-hybridized carbons (Fsp3) is 0.440. The topological polar surface area (TPSA) is 225 Å². The van der Waals surface area contributed by atoms with Gasteiger partial charge in [0.25, 0.3) is 0 Å². The van der Waals surface area contributed by atoms with Crippen LogP contribution in [0.25, 0.3) is 10.4 Å². The number of carbonyl (C=O) groups excluding carboxylic acids is 1. The van der Waals surface area contributed by atoms with Crippen molar-refractivity contribution in [3.8, 4) is 5.75 Å². The summed E-state index contributed by atoms with van der Waals surface area (Å²) in [6.45, 7) is 7.10. The van der Waals surface area contributed by atoms with Gasteiger partial charge < -0.3 is 35.4 Å². The van der Waals surface area contributed by atoms with Crippen LogP contribution in [0.4, 0.5) is 5.82 Å². The van der Waals surface area contributed by atoms with Gasteiger partial charge >= 0.3 is 19.4 Å². The summed E-state index contributed by atoms with van der Waals surface area (Å²) >= 11 is 0. The molecule has 16 nitrogen and oxygen atoms in total. The molecule has 3 aromatic rings. The average molecular weight is 607 g/mol. The third-order valence-electron chi connectivity index (χ3n) is 6.51. The Morgan fingerprint density at radius 1 is 1.26 bits per heavy atom. The van der Waals surface area contributed by atoms with Crippen LogP contribution in [0.5, 0.6) is 5.75 Å². The minimum absolute atomic E-state index is 0.0918. The van der Waals surface area contributed by atoms with E-state index in [9.17, 15) is 29.8 Å². The van der Waals surface area contributed by atoms with Crippen molar-refractivity contribution in [1.29, 1.82) is 0 Å². The number of anilines is 1. The number of carbonyl (C=O) groups is 1. The highest BCUT2D eigenvalue weighted by atomic mass is 31.2. The molecule has 0 spiro atoms. The van der Waals surface area contributed by atoms with Gasteiger partial charge in [0.05, 0.1) is 25.5 Å². The first-order valence-corrected chi connectivity index (χ1v) is 14.3. The molecule has 1 saturated heterocycles. The quantitative estimate of drug-likeness (QED) is 0.0859. The van der Waals surface area contributed by atoms with Gasteiger partial charge in [-0.25, -0.2) is 20.6 Å². The van der Waals surface area contributed by atoms with E-state index in [0.29, 0.717) is 5.52 Å². The lowest BCUT2D eigenvalue weighted by Gasteiger charge is -2.26. The van der Waals surface area contributed by atoms with Crippen molar-refractivity contribution in [2.75, 3.05) is 32.2 Å². The van der Waals surface area contributed by atoms with E-state index in [2.05, 4.69) is 20.0 Å². The Labute approximate surface area is 240 Å². The Kier molecular flexibility index (Phi) is 9.77. The molecule has 0 saturated carbocycles. The molecule has 17 heteroatoms. The van der Waals surface area contributed by atoms with Crippen molar-refractivity contribution in [2.24, 2.45) is 5.92 Å². The SMILES string of the molecule is [C-]#[N+][C@]1(COP(=O)(N[C@@H](C)C(=O)OCC(CO)CO)Oc2ccccc2)O[C@@H](c2ccc3c(N)ncnn23)[C@H](O)[C@@H]1O. The maximum Gasteiger partial charge on any atom is 0.459 e. The van der Waals surface area contributed by atoms with Crippen LogP contribution in [0, 0.1) is 12.5 Å². The zero-order valence-electron chi connectivity index (χ0n) is 22.4. The number of aliphatic hydroxyl groups excluding tert-OH is 4. The molecule has 0 radical (unpaired) electrons. The normalized spacial score (nSPS) is 24.3. The van der Waals surface area contributed by atoms with E-state index in [4.69, 9.17) is 30.8 Å². The van der Waals surface area contributed by atoms with E-state index in [1.807, 2.05) is 0 Å². The minimum atomic E-state index is -4.50. The van der Waals surface area contributed by atoms with Gasteiger partial charge in [-0.05, 0) is 31.2 Å². The number of benzene rings is 1. The number of nitrogen functional groups attached to an aromatic ring is 1. The van der Waals surface area contributed by atoms with Gasteiger partial charge in [0.2, 0.25) is 0 Å². The Morgan fingerprint density at radius 2 is 1.98 bits per heavy atom. The van der Waals surface area contributed by atoms with E-state index in [1.165, 1.54) is 36.0 Å². The lowest BCUT2D eigenvalue weighted by molar-refractivity contribution is -0.147. The Bertz CT molecular complexity index is 1460. The van der Waals surface area contributed by atoms with Gasteiger partial charge in [-0.15, -0.1) is 0 Å². The zero-order valence-corrected chi connectivity index (χ0v) is 23.3. The van der Waals surface area contributed by atoms with Crippen LogP contribution in [0.15, 0.2) is 48.8 Å². The summed E-state index contributed by atoms with van der Waals surface area (Å²) in [5, 5.41) is 46.7. The highest BCUT2D eigenvalue weighted by Crippen LogP contribution is 2.49. The second kappa shape index (κ2) is 13.1. The van der Waals surface area contributed by atoms with Gasteiger partial charge in [-0.2, -0.15) is 10.2 Å². The summed E-state index contributed by atoms with van der Waals surface area (Å²) in [6.07, 6.45) is -3.53. The van der Waals surface area contributed by atoms with Crippen molar-refractivity contribution in [3.63, 3.8) is 0 Å². The second-order valence-electron chi connectivity index (χ2n) is 9.52. The fourth-order valence-electron chi connectivity index (χ4n) is 4.13. The predicted molar refractivity (Wildman–Crippen MR) is 144 cm³/mol. The van der Waals surface area contributed by atoms with E-state index >= 15 is 0 Å².